The van der Waals surface area contributed by atoms with Crippen LogP contribution >= 0.6 is 11.6 Å². The van der Waals surface area contributed by atoms with E-state index in [1.165, 1.54) is 4.90 Å². The normalized spacial score (nSPS) is 15.6. The van der Waals surface area contributed by atoms with Crippen molar-refractivity contribution in [1.82, 2.24) is 0 Å². The van der Waals surface area contributed by atoms with Gasteiger partial charge >= 0.3 is 0 Å². The third-order valence-corrected chi connectivity index (χ3v) is 6.41. The molecule has 0 aromatic heterocycles. The summed E-state index contributed by atoms with van der Waals surface area (Å²) in [4.78, 5) is 30.8. The van der Waals surface area contributed by atoms with Crippen LogP contribution in [-0.2, 0) is 16.0 Å². The summed E-state index contributed by atoms with van der Waals surface area (Å²) < 4.78 is 5.54. The summed E-state index contributed by atoms with van der Waals surface area (Å²) in [5, 5.41) is 0.502. The molecule has 32 heavy (non-hydrogen) atoms. The fraction of sp³-hybridized carbons (Fsp3) is 0.154. The minimum atomic E-state index is -0.390. The van der Waals surface area contributed by atoms with E-state index in [-0.39, 0.29) is 11.8 Å². The molecule has 0 saturated heterocycles. The number of halogens is 1. The Labute approximate surface area is 191 Å². The van der Waals surface area contributed by atoms with Crippen molar-refractivity contribution in [2.24, 2.45) is 0 Å². The number of hydrogen-bond acceptors (Lipinski definition) is 4. The molecular formula is C26H21ClN2O3. The summed E-state index contributed by atoms with van der Waals surface area (Å²) >= 11 is 6.33. The van der Waals surface area contributed by atoms with Gasteiger partial charge in [-0.1, -0.05) is 54.1 Å². The van der Waals surface area contributed by atoms with Crippen LogP contribution in [0.1, 0.15) is 16.7 Å². The number of fused-ring (bicyclic) bond motifs is 1. The van der Waals surface area contributed by atoms with E-state index in [2.05, 4.69) is 6.07 Å². The Balaban J connectivity index is 1.72. The molecule has 0 aliphatic carbocycles. The lowest BCUT2D eigenvalue weighted by atomic mass is 10.0. The van der Waals surface area contributed by atoms with Crippen molar-refractivity contribution in [2.75, 3.05) is 23.5 Å². The summed E-state index contributed by atoms with van der Waals surface area (Å²) in [5.41, 5.74) is 4.71. The molecule has 3 aromatic rings. The van der Waals surface area contributed by atoms with E-state index in [0.717, 1.165) is 23.2 Å². The molecule has 0 N–H and O–H groups in total. The first kappa shape index (κ1) is 20.3. The number of methoxy groups -OCH3 is 1. The summed E-state index contributed by atoms with van der Waals surface area (Å²) in [6.07, 6.45) is 0.802. The van der Waals surface area contributed by atoms with Gasteiger partial charge in [-0.3, -0.25) is 9.59 Å². The zero-order valence-corrected chi connectivity index (χ0v) is 18.5. The third kappa shape index (κ3) is 3.09. The average molecular weight is 445 g/mol. The molecule has 160 valence electrons. The fourth-order valence-electron chi connectivity index (χ4n) is 4.39. The Morgan fingerprint density at radius 3 is 2.47 bits per heavy atom. The lowest BCUT2D eigenvalue weighted by Crippen LogP contribution is -2.34. The predicted molar refractivity (Wildman–Crippen MR) is 126 cm³/mol. The van der Waals surface area contributed by atoms with Gasteiger partial charge in [0.2, 0.25) is 0 Å². The minimum Gasteiger partial charge on any atom is -0.496 e. The van der Waals surface area contributed by atoms with Gasteiger partial charge in [0.1, 0.15) is 11.4 Å². The molecule has 5 rings (SSSR count). The van der Waals surface area contributed by atoms with Gasteiger partial charge in [-0.15, -0.1) is 0 Å². The molecule has 3 aromatic carbocycles. The molecule has 5 nitrogen and oxygen atoms in total. The molecule has 0 saturated carbocycles. The van der Waals surface area contributed by atoms with Crippen molar-refractivity contribution in [2.45, 2.75) is 13.3 Å². The van der Waals surface area contributed by atoms with Gasteiger partial charge in [0.25, 0.3) is 11.8 Å². The number of ether oxygens (including phenoxy) is 1. The molecular weight excluding hydrogens is 424 g/mol. The van der Waals surface area contributed by atoms with Crippen LogP contribution in [0.3, 0.4) is 0 Å². The highest BCUT2D eigenvalue weighted by Crippen LogP contribution is 2.42. The van der Waals surface area contributed by atoms with E-state index in [1.807, 2.05) is 54.3 Å². The van der Waals surface area contributed by atoms with Gasteiger partial charge in [-0.25, -0.2) is 4.90 Å². The maximum atomic E-state index is 13.8. The van der Waals surface area contributed by atoms with E-state index >= 15 is 0 Å². The van der Waals surface area contributed by atoms with Gasteiger partial charge in [0.05, 0.1) is 18.4 Å². The maximum absolute atomic E-state index is 13.8. The summed E-state index contributed by atoms with van der Waals surface area (Å²) in [6.45, 7) is 2.50. The number of carbonyl (C=O) groups excluding carboxylic acids is 2. The second-order valence-electron chi connectivity index (χ2n) is 7.83. The van der Waals surface area contributed by atoms with Crippen molar-refractivity contribution < 1.29 is 14.3 Å². The lowest BCUT2D eigenvalue weighted by Gasteiger charge is -2.22. The van der Waals surface area contributed by atoms with Crippen LogP contribution in [0.4, 0.5) is 11.4 Å². The van der Waals surface area contributed by atoms with Crippen molar-refractivity contribution >= 4 is 40.4 Å². The van der Waals surface area contributed by atoms with Crippen molar-refractivity contribution in [1.29, 1.82) is 0 Å². The largest absolute Gasteiger partial charge is 0.496 e. The van der Waals surface area contributed by atoms with Crippen molar-refractivity contribution in [3.63, 3.8) is 0 Å². The Kier molecular flexibility index (Phi) is 4.98. The first-order valence-corrected chi connectivity index (χ1v) is 10.8. The van der Waals surface area contributed by atoms with Gasteiger partial charge in [-0.2, -0.15) is 0 Å². The first-order valence-electron chi connectivity index (χ1n) is 10.4. The SMILES string of the molecule is COc1ccccc1C1=C(N2CCc3ccccc32)C(=O)N(c2ccc(C)c(Cl)c2)C1=O. The number of carbonyl (C=O) groups is 2. The van der Waals surface area contributed by atoms with E-state index in [9.17, 15) is 9.59 Å². The summed E-state index contributed by atoms with van der Waals surface area (Å²) in [5.74, 6) is -0.219. The second-order valence-corrected chi connectivity index (χ2v) is 8.24. The quantitative estimate of drug-likeness (QED) is 0.531. The fourth-order valence-corrected chi connectivity index (χ4v) is 4.56. The Hall–Kier alpha value is -3.57. The molecule has 0 fully saturated rings. The third-order valence-electron chi connectivity index (χ3n) is 6.01. The van der Waals surface area contributed by atoms with Gasteiger partial charge < -0.3 is 9.64 Å². The zero-order chi connectivity index (χ0) is 22.4. The Bertz CT molecular complexity index is 1300. The van der Waals surface area contributed by atoms with Crippen LogP contribution in [0.2, 0.25) is 5.02 Å². The Morgan fingerprint density at radius 1 is 0.938 bits per heavy atom. The van der Waals surface area contributed by atoms with Crippen LogP contribution in [-0.4, -0.2) is 25.5 Å². The smallest absolute Gasteiger partial charge is 0.282 e. The summed E-state index contributed by atoms with van der Waals surface area (Å²) in [6, 6.07) is 20.5. The number of para-hydroxylation sites is 2. The number of anilines is 2. The number of rotatable bonds is 4. The molecule has 6 heteroatoms. The molecule has 0 unspecified atom stereocenters. The molecule has 0 atom stereocenters. The van der Waals surface area contributed by atoms with Crippen LogP contribution in [0, 0.1) is 6.92 Å². The van der Waals surface area contributed by atoms with Crippen molar-refractivity contribution in [3.05, 3.63) is 94.1 Å². The topological polar surface area (TPSA) is 49.9 Å². The van der Waals surface area contributed by atoms with E-state index in [4.69, 9.17) is 16.3 Å². The first-order chi connectivity index (χ1) is 15.5. The number of benzene rings is 3. The molecule has 2 amide bonds. The van der Waals surface area contributed by atoms with E-state index < -0.39 is 0 Å². The number of aryl methyl sites for hydroxylation is 1. The van der Waals surface area contributed by atoms with Gasteiger partial charge in [-0.05, 0) is 48.7 Å². The molecule has 2 aliphatic heterocycles. The van der Waals surface area contributed by atoms with Gasteiger partial charge in [0.15, 0.2) is 0 Å². The highest BCUT2D eigenvalue weighted by atomic mass is 35.5. The minimum absolute atomic E-state index is 0.334. The van der Waals surface area contributed by atoms with E-state index in [0.29, 0.717) is 39.8 Å². The van der Waals surface area contributed by atoms with Crippen molar-refractivity contribution in [3.8, 4) is 5.75 Å². The molecule has 0 radical (unpaired) electrons. The zero-order valence-electron chi connectivity index (χ0n) is 17.8. The average Bonchev–Trinajstić information content (AvgIpc) is 3.33. The highest BCUT2D eigenvalue weighted by Gasteiger charge is 2.44. The molecule has 0 bridgehead atoms. The molecule has 2 heterocycles. The maximum Gasteiger partial charge on any atom is 0.282 e. The standard InChI is InChI=1S/C26H21ClN2O3/c1-16-11-12-18(15-20(16)27)29-25(30)23(19-8-4-6-10-22(19)32-2)24(26(29)31)28-14-13-17-7-3-5-9-21(17)28/h3-12,15H,13-14H2,1-2H3. The molecule has 0 spiro atoms. The second kappa shape index (κ2) is 7.84. The number of imide groups is 1. The molecule has 2 aliphatic rings. The number of hydrogen-bond donors (Lipinski definition) is 0. The van der Waals surface area contributed by atoms with Crippen LogP contribution in [0.5, 0.6) is 5.75 Å². The van der Waals surface area contributed by atoms with Crippen LogP contribution < -0.4 is 14.5 Å². The Morgan fingerprint density at radius 2 is 1.69 bits per heavy atom. The highest BCUT2D eigenvalue weighted by molar-refractivity contribution is 6.47. The van der Waals surface area contributed by atoms with Crippen LogP contribution in [0.15, 0.2) is 72.4 Å². The summed E-state index contributed by atoms with van der Waals surface area (Å²) in [7, 11) is 1.56. The predicted octanol–water partition coefficient (Wildman–Crippen LogP) is 5.00. The lowest BCUT2D eigenvalue weighted by molar-refractivity contribution is -0.120. The van der Waals surface area contributed by atoms with Gasteiger partial charge in [0, 0.05) is 22.8 Å². The number of nitrogens with zero attached hydrogens (tertiary/aromatic N) is 2. The van der Waals surface area contributed by atoms with E-state index in [1.54, 1.807) is 25.3 Å². The number of amides is 2. The monoisotopic (exact) mass is 444 g/mol. The van der Waals surface area contributed by atoms with Crippen LogP contribution in [0.25, 0.3) is 5.57 Å².